The van der Waals surface area contributed by atoms with Gasteiger partial charge in [-0.05, 0) is 69.8 Å². The molecule has 8 aromatic rings. The number of rotatable bonds is 3. The summed E-state index contributed by atoms with van der Waals surface area (Å²) in [5, 5.41) is 0. The minimum atomic E-state index is -3.99. The lowest BCUT2D eigenvalue weighted by Gasteiger charge is -2.18. The number of sulfone groups is 1. The fraction of sp³-hybridized carbons (Fsp3) is 0. The third kappa shape index (κ3) is 5.34. The van der Waals surface area contributed by atoms with Gasteiger partial charge in [-0.25, -0.2) is 18.4 Å². The molecule has 242 valence electrons. The molecular weight excluding hydrogens is 647 g/mol. The van der Waals surface area contributed by atoms with Gasteiger partial charge in [-0.1, -0.05) is 127 Å². The van der Waals surface area contributed by atoms with E-state index in [4.69, 9.17) is 9.97 Å². The minimum absolute atomic E-state index is 0.247. The molecule has 51 heavy (non-hydrogen) atoms. The Morgan fingerprint density at radius 3 is 1.43 bits per heavy atom. The van der Waals surface area contributed by atoms with Gasteiger partial charge in [0.1, 0.15) is 0 Å². The van der Waals surface area contributed by atoms with Crippen molar-refractivity contribution in [2.75, 3.05) is 0 Å². The van der Waals surface area contributed by atoms with Crippen LogP contribution in [0, 0.1) is 0 Å². The average molecular weight is 676 g/mol. The topological polar surface area (TPSA) is 72.8 Å². The van der Waals surface area contributed by atoms with Crippen molar-refractivity contribution in [1.82, 2.24) is 15.0 Å². The first-order valence-corrected chi connectivity index (χ1v) is 18.2. The van der Waals surface area contributed by atoms with Crippen molar-refractivity contribution in [2.24, 2.45) is 0 Å². The highest BCUT2D eigenvalue weighted by Gasteiger charge is 2.29. The maximum atomic E-state index is 14.9. The lowest BCUT2D eigenvalue weighted by atomic mass is 9.86. The third-order valence-electron chi connectivity index (χ3n) is 9.40. The minimum Gasteiger partial charge on any atom is -0.264 e. The van der Waals surface area contributed by atoms with Gasteiger partial charge in [0.25, 0.3) is 0 Å². The summed E-state index contributed by atoms with van der Waals surface area (Å²) >= 11 is 0. The van der Waals surface area contributed by atoms with Crippen LogP contribution >= 0.6 is 0 Å². The summed E-state index contributed by atoms with van der Waals surface area (Å²) in [5.74, 6) is 0.553. The number of aromatic nitrogens is 3. The maximum Gasteiger partial charge on any atom is 0.207 e. The van der Waals surface area contributed by atoms with Gasteiger partial charge in [0.2, 0.25) is 9.84 Å². The van der Waals surface area contributed by atoms with E-state index in [1.807, 2.05) is 103 Å². The molecule has 0 fully saturated rings. The van der Waals surface area contributed by atoms with Crippen LogP contribution in [0.25, 0.3) is 78.4 Å². The molecule has 1 aliphatic rings. The Labute approximate surface area is 296 Å². The smallest absolute Gasteiger partial charge is 0.207 e. The van der Waals surface area contributed by atoms with E-state index in [0.29, 0.717) is 22.6 Å². The lowest BCUT2D eigenvalue weighted by molar-refractivity contribution is 0.596. The molecule has 6 aromatic carbocycles. The third-order valence-corrected chi connectivity index (χ3v) is 11.3. The molecule has 1 aliphatic heterocycles. The van der Waals surface area contributed by atoms with Crippen molar-refractivity contribution < 1.29 is 8.42 Å². The van der Waals surface area contributed by atoms with E-state index >= 15 is 0 Å². The summed E-state index contributed by atoms with van der Waals surface area (Å²) in [4.78, 5) is 14.8. The highest BCUT2D eigenvalue weighted by Crippen LogP contribution is 2.47. The van der Waals surface area contributed by atoms with Gasteiger partial charge >= 0.3 is 0 Å². The maximum absolute atomic E-state index is 14.9. The van der Waals surface area contributed by atoms with E-state index in [0.717, 1.165) is 55.8 Å². The second-order valence-corrected chi connectivity index (χ2v) is 14.3. The van der Waals surface area contributed by atoms with Crippen LogP contribution in [0.4, 0.5) is 0 Å². The van der Waals surface area contributed by atoms with Crippen LogP contribution in [0.2, 0.25) is 0 Å². The number of pyridine rings is 1. The number of benzene rings is 6. The normalized spacial score (nSPS) is 12.6. The zero-order valence-electron chi connectivity index (χ0n) is 27.3. The SMILES string of the molecule is O=S1(=O)c2ccccc2-c2ccccc2-c2ccccc2-c2ccc(-c3cc(-c4ccccc4)nc(-c4cccnc4)n3)cc2-c2ccccc21. The first-order valence-electron chi connectivity index (χ1n) is 16.7. The molecular formula is C45H29N3O2S. The van der Waals surface area contributed by atoms with E-state index in [1.165, 1.54) is 0 Å². The molecule has 0 amide bonds. The summed E-state index contributed by atoms with van der Waals surface area (Å²) in [6.07, 6.45) is 3.49. The van der Waals surface area contributed by atoms with Crippen LogP contribution < -0.4 is 0 Å². The van der Waals surface area contributed by atoms with Crippen molar-refractivity contribution in [3.63, 3.8) is 0 Å². The van der Waals surface area contributed by atoms with Crippen molar-refractivity contribution in [3.8, 4) is 78.4 Å². The molecule has 5 nitrogen and oxygen atoms in total. The zero-order chi connectivity index (χ0) is 34.4. The molecule has 0 spiro atoms. The van der Waals surface area contributed by atoms with Gasteiger partial charge in [-0.3, -0.25) is 4.98 Å². The van der Waals surface area contributed by atoms with Crippen molar-refractivity contribution in [1.29, 1.82) is 0 Å². The van der Waals surface area contributed by atoms with E-state index in [-0.39, 0.29) is 9.79 Å². The highest BCUT2D eigenvalue weighted by molar-refractivity contribution is 7.91. The molecule has 0 saturated heterocycles. The zero-order valence-corrected chi connectivity index (χ0v) is 28.1. The summed E-state index contributed by atoms with van der Waals surface area (Å²) in [7, 11) is -3.99. The monoisotopic (exact) mass is 675 g/mol. The summed E-state index contributed by atoms with van der Waals surface area (Å²) in [6, 6.07) is 53.0. The van der Waals surface area contributed by atoms with Crippen LogP contribution in [0.3, 0.4) is 0 Å². The van der Waals surface area contributed by atoms with Gasteiger partial charge in [-0.2, -0.15) is 0 Å². The van der Waals surface area contributed by atoms with E-state index in [9.17, 15) is 8.42 Å². The second-order valence-electron chi connectivity index (χ2n) is 12.4. The number of fused-ring (bicyclic) bond motifs is 9. The first-order chi connectivity index (χ1) is 25.1. The summed E-state index contributed by atoms with van der Waals surface area (Å²) < 4.78 is 29.7. The predicted molar refractivity (Wildman–Crippen MR) is 203 cm³/mol. The predicted octanol–water partition coefficient (Wildman–Crippen LogP) is 10.7. The molecule has 2 aromatic heterocycles. The van der Waals surface area contributed by atoms with Crippen molar-refractivity contribution >= 4 is 9.84 Å². The van der Waals surface area contributed by atoms with Gasteiger partial charge in [-0.15, -0.1) is 0 Å². The molecule has 0 aliphatic carbocycles. The fourth-order valence-electron chi connectivity index (χ4n) is 7.01. The van der Waals surface area contributed by atoms with Crippen LogP contribution in [-0.4, -0.2) is 23.4 Å². The largest absolute Gasteiger partial charge is 0.264 e. The molecule has 6 heteroatoms. The van der Waals surface area contributed by atoms with Crippen molar-refractivity contribution in [3.05, 3.63) is 176 Å². The number of hydrogen-bond acceptors (Lipinski definition) is 5. The Balaban J connectivity index is 1.36. The van der Waals surface area contributed by atoms with Gasteiger partial charge < -0.3 is 0 Å². The first kappa shape index (κ1) is 30.6. The van der Waals surface area contributed by atoms with E-state index in [1.54, 1.807) is 36.7 Å². The Bertz CT molecular complexity index is 2650. The van der Waals surface area contributed by atoms with Gasteiger partial charge in [0.05, 0.1) is 21.2 Å². The Morgan fingerprint density at radius 1 is 0.373 bits per heavy atom. The standard InChI is InChI=1S/C45H29N3O2S/c49-51(50)43-22-10-8-20-38(43)36-19-7-6-17-34(36)33-16-4-5-18-35(33)37-25-24-31(27-40(37)39-21-9-11-23-44(39)51)42-28-41(30-13-2-1-3-14-30)47-45(48-42)32-15-12-26-46-29-32/h1-29H. The second kappa shape index (κ2) is 12.4. The van der Waals surface area contributed by atoms with E-state index < -0.39 is 9.84 Å². The summed E-state index contributed by atoms with van der Waals surface area (Å²) in [5.41, 5.74) is 10.9. The highest BCUT2D eigenvalue weighted by atomic mass is 32.2. The quantitative estimate of drug-likeness (QED) is 0.186. The van der Waals surface area contributed by atoms with Crippen LogP contribution in [0.15, 0.2) is 186 Å². The number of nitrogens with zero attached hydrogens (tertiary/aromatic N) is 3. The van der Waals surface area contributed by atoms with Gasteiger partial charge in [0.15, 0.2) is 5.82 Å². The molecule has 0 radical (unpaired) electrons. The van der Waals surface area contributed by atoms with E-state index in [2.05, 4.69) is 41.4 Å². The molecule has 0 N–H and O–H groups in total. The Morgan fingerprint density at radius 2 is 0.843 bits per heavy atom. The average Bonchev–Trinajstić information content (AvgIpc) is 3.21. The van der Waals surface area contributed by atoms with Crippen LogP contribution in [0.5, 0.6) is 0 Å². The van der Waals surface area contributed by atoms with Crippen LogP contribution in [-0.2, 0) is 9.84 Å². The fourth-order valence-corrected chi connectivity index (χ4v) is 8.70. The molecule has 0 saturated carbocycles. The lowest BCUT2D eigenvalue weighted by Crippen LogP contribution is -2.06. The molecule has 0 bridgehead atoms. The van der Waals surface area contributed by atoms with Crippen molar-refractivity contribution in [2.45, 2.75) is 9.79 Å². The van der Waals surface area contributed by atoms with Gasteiger partial charge in [0, 0.05) is 40.2 Å². The molecule has 9 rings (SSSR count). The molecule has 0 atom stereocenters. The Hall–Kier alpha value is -6.50. The van der Waals surface area contributed by atoms with Crippen LogP contribution in [0.1, 0.15) is 0 Å². The molecule has 0 unspecified atom stereocenters. The Kier molecular flexibility index (Phi) is 7.45. The number of hydrogen-bond donors (Lipinski definition) is 0. The molecule has 3 heterocycles. The summed E-state index contributed by atoms with van der Waals surface area (Å²) in [6.45, 7) is 0.